The lowest BCUT2D eigenvalue weighted by Crippen LogP contribution is -2.43. The summed E-state index contributed by atoms with van der Waals surface area (Å²) in [7, 11) is 0. The molecular weight excluding hydrogens is 236 g/mol. The molecule has 6 nitrogen and oxygen atoms in total. The number of carbonyl (C=O) groups is 1. The minimum atomic E-state index is -1.07. The first-order valence-electron chi connectivity index (χ1n) is 5.79. The van der Waals surface area contributed by atoms with E-state index < -0.39 is 11.6 Å². The van der Waals surface area contributed by atoms with Crippen LogP contribution >= 0.6 is 0 Å². The third kappa shape index (κ3) is 2.60. The fourth-order valence-corrected chi connectivity index (χ4v) is 1.90. The van der Waals surface area contributed by atoms with Crippen LogP contribution in [0.1, 0.15) is 23.8 Å². The second-order valence-corrected chi connectivity index (χ2v) is 4.43. The molecule has 1 aromatic rings. The molecule has 1 fully saturated rings. The molecule has 1 aromatic heterocycles. The number of ether oxygens (including phenoxy) is 1. The normalized spacial score (nSPS) is 27.1. The van der Waals surface area contributed by atoms with E-state index in [1.54, 1.807) is 12.1 Å². The number of anilines is 1. The van der Waals surface area contributed by atoms with E-state index in [0.29, 0.717) is 18.8 Å². The van der Waals surface area contributed by atoms with Gasteiger partial charge in [-0.05, 0) is 19.1 Å². The standard InChI is InChI=1S/C12H16N2O4/c1-8-12(17,5-6-18-8)7-13-10-4-2-3-9(14-10)11(15)16/h2-4,8,17H,5-7H2,1H3,(H,13,14)(H,15,16). The summed E-state index contributed by atoms with van der Waals surface area (Å²) in [4.78, 5) is 14.7. The molecule has 1 aliphatic rings. The molecule has 2 unspecified atom stereocenters. The lowest BCUT2D eigenvalue weighted by atomic mass is 9.97. The van der Waals surface area contributed by atoms with Gasteiger partial charge in [-0.3, -0.25) is 0 Å². The van der Waals surface area contributed by atoms with Crippen molar-refractivity contribution in [1.29, 1.82) is 0 Å². The molecule has 0 aliphatic carbocycles. The number of aromatic carboxylic acids is 1. The van der Waals surface area contributed by atoms with E-state index in [0.717, 1.165) is 0 Å². The second kappa shape index (κ2) is 4.91. The highest BCUT2D eigenvalue weighted by Gasteiger charge is 2.39. The zero-order valence-electron chi connectivity index (χ0n) is 10.1. The Bertz CT molecular complexity index is 451. The average molecular weight is 252 g/mol. The Morgan fingerprint density at radius 2 is 2.44 bits per heavy atom. The topological polar surface area (TPSA) is 91.7 Å². The highest BCUT2D eigenvalue weighted by molar-refractivity contribution is 5.85. The van der Waals surface area contributed by atoms with Crippen molar-refractivity contribution in [3.05, 3.63) is 23.9 Å². The summed E-state index contributed by atoms with van der Waals surface area (Å²) >= 11 is 0. The molecule has 18 heavy (non-hydrogen) atoms. The molecule has 1 saturated heterocycles. The van der Waals surface area contributed by atoms with E-state index in [1.807, 2.05) is 6.92 Å². The van der Waals surface area contributed by atoms with Crippen LogP contribution in [-0.4, -0.2) is 46.0 Å². The quantitative estimate of drug-likeness (QED) is 0.731. The molecule has 0 saturated carbocycles. The van der Waals surface area contributed by atoms with Gasteiger partial charge in [0, 0.05) is 19.6 Å². The second-order valence-electron chi connectivity index (χ2n) is 4.43. The Labute approximate surface area is 105 Å². The predicted molar refractivity (Wildman–Crippen MR) is 64.7 cm³/mol. The van der Waals surface area contributed by atoms with Gasteiger partial charge in [0.25, 0.3) is 0 Å². The van der Waals surface area contributed by atoms with Crippen molar-refractivity contribution < 1.29 is 19.7 Å². The first kappa shape index (κ1) is 12.8. The molecule has 0 bridgehead atoms. The molecule has 0 spiro atoms. The predicted octanol–water partition coefficient (Wildman–Crippen LogP) is 0.732. The van der Waals surface area contributed by atoms with Crippen LogP contribution in [-0.2, 0) is 4.74 Å². The summed E-state index contributed by atoms with van der Waals surface area (Å²) in [5.74, 6) is -0.641. The highest BCUT2D eigenvalue weighted by Crippen LogP contribution is 2.25. The number of carboxylic acid groups (broad SMARTS) is 1. The smallest absolute Gasteiger partial charge is 0.354 e. The number of hydrogen-bond donors (Lipinski definition) is 3. The van der Waals surface area contributed by atoms with Crippen LogP contribution in [0.2, 0.25) is 0 Å². The molecular formula is C12H16N2O4. The van der Waals surface area contributed by atoms with Gasteiger partial charge in [-0.15, -0.1) is 0 Å². The van der Waals surface area contributed by atoms with Crippen LogP contribution < -0.4 is 5.32 Å². The van der Waals surface area contributed by atoms with E-state index in [1.165, 1.54) is 6.07 Å². The zero-order chi connectivity index (χ0) is 13.2. The van der Waals surface area contributed by atoms with Gasteiger partial charge in [-0.25, -0.2) is 9.78 Å². The number of carboxylic acids is 1. The molecule has 98 valence electrons. The van der Waals surface area contributed by atoms with Gasteiger partial charge in [0.05, 0.1) is 6.10 Å². The van der Waals surface area contributed by atoms with Crippen LogP contribution in [0.15, 0.2) is 18.2 Å². The van der Waals surface area contributed by atoms with Crippen molar-refractivity contribution in [2.45, 2.75) is 25.0 Å². The summed E-state index contributed by atoms with van der Waals surface area (Å²) in [6, 6.07) is 4.69. The molecule has 0 radical (unpaired) electrons. The van der Waals surface area contributed by atoms with Gasteiger partial charge in [-0.1, -0.05) is 6.07 Å². The summed E-state index contributed by atoms with van der Waals surface area (Å²) < 4.78 is 5.31. The van der Waals surface area contributed by atoms with Crippen molar-refractivity contribution in [2.75, 3.05) is 18.5 Å². The van der Waals surface area contributed by atoms with Crippen molar-refractivity contribution in [2.24, 2.45) is 0 Å². The first-order chi connectivity index (χ1) is 8.51. The summed E-state index contributed by atoms with van der Waals surface area (Å²) in [6.07, 6.45) is 0.312. The number of hydrogen-bond acceptors (Lipinski definition) is 5. The van der Waals surface area contributed by atoms with Crippen LogP contribution in [0.3, 0.4) is 0 Å². The summed E-state index contributed by atoms with van der Waals surface area (Å²) in [6.45, 7) is 2.63. The van der Waals surface area contributed by atoms with Crippen LogP contribution in [0, 0.1) is 0 Å². The average Bonchev–Trinajstić information content (AvgIpc) is 2.68. The monoisotopic (exact) mass is 252 g/mol. The van der Waals surface area contributed by atoms with E-state index in [2.05, 4.69) is 10.3 Å². The highest BCUT2D eigenvalue weighted by atomic mass is 16.5. The lowest BCUT2D eigenvalue weighted by molar-refractivity contribution is -0.0176. The number of rotatable bonds is 4. The molecule has 2 atom stereocenters. The van der Waals surface area contributed by atoms with Gasteiger partial charge >= 0.3 is 5.97 Å². The Hall–Kier alpha value is -1.66. The van der Waals surface area contributed by atoms with Gasteiger partial charge in [0.2, 0.25) is 0 Å². The maximum absolute atomic E-state index is 10.8. The fourth-order valence-electron chi connectivity index (χ4n) is 1.90. The number of aliphatic hydroxyl groups is 1. The summed E-state index contributed by atoms with van der Waals surface area (Å²) in [5, 5.41) is 22.0. The Morgan fingerprint density at radius 1 is 1.67 bits per heavy atom. The molecule has 6 heteroatoms. The number of nitrogens with one attached hydrogen (secondary N) is 1. The largest absolute Gasteiger partial charge is 0.477 e. The van der Waals surface area contributed by atoms with Crippen molar-refractivity contribution >= 4 is 11.8 Å². The maximum atomic E-state index is 10.8. The molecule has 3 N–H and O–H groups in total. The van der Waals surface area contributed by atoms with Gasteiger partial charge < -0.3 is 20.3 Å². The van der Waals surface area contributed by atoms with Crippen molar-refractivity contribution in [1.82, 2.24) is 4.98 Å². The number of nitrogens with zero attached hydrogens (tertiary/aromatic N) is 1. The third-order valence-electron chi connectivity index (χ3n) is 3.20. The van der Waals surface area contributed by atoms with E-state index in [9.17, 15) is 9.90 Å². The Kier molecular flexibility index (Phi) is 3.49. The molecule has 0 aromatic carbocycles. The SMILES string of the molecule is CC1OCCC1(O)CNc1cccc(C(=O)O)n1. The minimum Gasteiger partial charge on any atom is -0.477 e. The third-order valence-corrected chi connectivity index (χ3v) is 3.20. The fraction of sp³-hybridized carbons (Fsp3) is 0.500. The molecule has 0 amide bonds. The van der Waals surface area contributed by atoms with E-state index in [4.69, 9.17) is 9.84 Å². The van der Waals surface area contributed by atoms with Crippen LogP contribution in [0.25, 0.3) is 0 Å². The molecule has 1 aliphatic heterocycles. The summed E-state index contributed by atoms with van der Waals surface area (Å²) in [5.41, 5.74) is -0.955. The van der Waals surface area contributed by atoms with Crippen molar-refractivity contribution in [3.63, 3.8) is 0 Å². The van der Waals surface area contributed by atoms with Gasteiger partial charge in [0.1, 0.15) is 11.4 Å². The molecule has 2 heterocycles. The number of pyridine rings is 1. The van der Waals surface area contributed by atoms with Crippen LogP contribution in [0.4, 0.5) is 5.82 Å². The Morgan fingerprint density at radius 3 is 3.06 bits per heavy atom. The van der Waals surface area contributed by atoms with Crippen molar-refractivity contribution in [3.8, 4) is 0 Å². The van der Waals surface area contributed by atoms with Gasteiger partial charge in [-0.2, -0.15) is 0 Å². The van der Waals surface area contributed by atoms with E-state index >= 15 is 0 Å². The Balaban J connectivity index is 2.02. The first-order valence-corrected chi connectivity index (χ1v) is 5.79. The molecule has 2 rings (SSSR count). The van der Waals surface area contributed by atoms with Crippen LogP contribution in [0.5, 0.6) is 0 Å². The minimum absolute atomic E-state index is 0.0253. The number of aromatic nitrogens is 1. The van der Waals surface area contributed by atoms with E-state index in [-0.39, 0.29) is 18.3 Å². The lowest BCUT2D eigenvalue weighted by Gasteiger charge is -2.26. The van der Waals surface area contributed by atoms with Gasteiger partial charge in [0.15, 0.2) is 5.69 Å². The maximum Gasteiger partial charge on any atom is 0.354 e. The zero-order valence-corrected chi connectivity index (χ0v) is 10.1.